The van der Waals surface area contributed by atoms with Gasteiger partial charge in [0.25, 0.3) is 5.91 Å². The van der Waals surface area contributed by atoms with Crippen molar-refractivity contribution in [2.75, 3.05) is 18.5 Å². The molecule has 0 aromatic heterocycles. The Morgan fingerprint density at radius 1 is 1.20 bits per heavy atom. The van der Waals surface area contributed by atoms with Gasteiger partial charge in [0, 0.05) is 18.7 Å². The highest BCUT2D eigenvalue weighted by atomic mass is 16.5. The maximum absolute atomic E-state index is 11.9. The molecule has 1 aliphatic heterocycles. The van der Waals surface area contributed by atoms with Crippen molar-refractivity contribution in [1.29, 1.82) is 0 Å². The molecule has 2 N–H and O–H groups in total. The van der Waals surface area contributed by atoms with Gasteiger partial charge < -0.3 is 15.4 Å². The summed E-state index contributed by atoms with van der Waals surface area (Å²) in [5.41, 5.74) is 4.30. The van der Waals surface area contributed by atoms with E-state index >= 15 is 0 Å². The van der Waals surface area contributed by atoms with Crippen LogP contribution in [0.5, 0.6) is 5.75 Å². The summed E-state index contributed by atoms with van der Waals surface area (Å²) in [5.74, 6) is 0.639. The molecule has 1 heterocycles. The van der Waals surface area contributed by atoms with E-state index in [9.17, 15) is 9.59 Å². The third-order valence-electron chi connectivity index (χ3n) is 4.16. The van der Waals surface area contributed by atoms with E-state index in [4.69, 9.17) is 4.74 Å². The van der Waals surface area contributed by atoms with E-state index in [1.165, 1.54) is 0 Å². The lowest BCUT2D eigenvalue weighted by atomic mass is 9.99. The van der Waals surface area contributed by atoms with Crippen LogP contribution in [0, 0.1) is 6.92 Å². The molecule has 1 aliphatic rings. The van der Waals surface area contributed by atoms with Gasteiger partial charge in [-0.15, -0.1) is 0 Å². The number of hydrogen-bond donors (Lipinski definition) is 2. The summed E-state index contributed by atoms with van der Waals surface area (Å²) in [7, 11) is 0. The number of nitrogens with one attached hydrogen (secondary N) is 2. The van der Waals surface area contributed by atoms with Crippen LogP contribution in [0.1, 0.15) is 23.1 Å². The molecule has 0 unspecified atom stereocenters. The molecule has 0 bridgehead atoms. The molecule has 2 aromatic rings. The van der Waals surface area contributed by atoms with Crippen molar-refractivity contribution in [3.8, 4) is 5.75 Å². The maximum Gasteiger partial charge on any atom is 0.257 e. The molecule has 5 nitrogen and oxygen atoms in total. The van der Waals surface area contributed by atoms with Crippen LogP contribution in [-0.2, 0) is 22.4 Å². The number of rotatable bonds is 6. The van der Waals surface area contributed by atoms with E-state index in [-0.39, 0.29) is 18.4 Å². The van der Waals surface area contributed by atoms with Gasteiger partial charge in [-0.2, -0.15) is 0 Å². The molecule has 0 aliphatic carbocycles. The summed E-state index contributed by atoms with van der Waals surface area (Å²) >= 11 is 0. The fourth-order valence-electron chi connectivity index (χ4n) is 2.84. The SMILES string of the molecule is Cc1cccc(OCC(=O)NCCc2ccc3c(c2)CCC(=O)N3)c1. The zero-order valence-electron chi connectivity index (χ0n) is 14.3. The summed E-state index contributed by atoms with van der Waals surface area (Å²) < 4.78 is 5.48. The van der Waals surface area contributed by atoms with E-state index < -0.39 is 0 Å². The first kappa shape index (κ1) is 17.0. The van der Waals surface area contributed by atoms with Crippen molar-refractivity contribution in [1.82, 2.24) is 5.32 Å². The lowest BCUT2D eigenvalue weighted by Gasteiger charge is -2.17. The van der Waals surface area contributed by atoms with Crippen molar-refractivity contribution < 1.29 is 14.3 Å². The Balaban J connectivity index is 1.43. The third kappa shape index (κ3) is 4.83. The zero-order valence-corrected chi connectivity index (χ0v) is 14.3. The molecule has 0 spiro atoms. The number of carbonyl (C=O) groups excluding carboxylic acids is 2. The smallest absolute Gasteiger partial charge is 0.257 e. The van der Waals surface area contributed by atoms with Gasteiger partial charge in [-0.1, -0.05) is 24.3 Å². The first-order valence-corrected chi connectivity index (χ1v) is 8.48. The van der Waals surface area contributed by atoms with Gasteiger partial charge >= 0.3 is 0 Å². The second-order valence-electron chi connectivity index (χ2n) is 6.24. The second kappa shape index (κ2) is 7.83. The molecular formula is C20H22N2O3. The molecule has 5 heteroatoms. The molecule has 25 heavy (non-hydrogen) atoms. The quantitative estimate of drug-likeness (QED) is 0.851. The minimum atomic E-state index is -0.133. The van der Waals surface area contributed by atoms with Gasteiger partial charge in [0.2, 0.25) is 5.91 Å². The number of benzene rings is 2. The van der Waals surface area contributed by atoms with Crippen molar-refractivity contribution >= 4 is 17.5 Å². The average Bonchev–Trinajstić information content (AvgIpc) is 2.60. The summed E-state index contributed by atoms with van der Waals surface area (Å²) in [6, 6.07) is 13.7. The molecular weight excluding hydrogens is 316 g/mol. The Bertz CT molecular complexity index is 786. The van der Waals surface area contributed by atoms with Crippen LogP contribution < -0.4 is 15.4 Å². The lowest BCUT2D eigenvalue weighted by molar-refractivity contribution is -0.123. The zero-order chi connectivity index (χ0) is 17.6. The number of amides is 2. The number of fused-ring (bicyclic) bond motifs is 1. The Labute approximate surface area is 147 Å². The van der Waals surface area contributed by atoms with Crippen LogP contribution in [-0.4, -0.2) is 25.0 Å². The van der Waals surface area contributed by atoms with E-state index in [0.29, 0.717) is 18.7 Å². The Hall–Kier alpha value is -2.82. The predicted molar refractivity (Wildman–Crippen MR) is 96.8 cm³/mol. The molecule has 0 saturated heterocycles. The topological polar surface area (TPSA) is 67.4 Å². The lowest BCUT2D eigenvalue weighted by Crippen LogP contribution is -2.30. The van der Waals surface area contributed by atoms with Crippen molar-refractivity contribution in [3.05, 3.63) is 59.2 Å². The average molecular weight is 338 g/mol. The van der Waals surface area contributed by atoms with Crippen molar-refractivity contribution in [2.24, 2.45) is 0 Å². The van der Waals surface area contributed by atoms with Gasteiger partial charge in [-0.3, -0.25) is 9.59 Å². The number of hydrogen-bond acceptors (Lipinski definition) is 3. The molecule has 0 saturated carbocycles. The van der Waals surface area contributed by atoms with E-state index in [0.717, 1.165) is 35.2 Å². The van der Waals surface area contributed by atoms with Crippen molar-refractivity contribution in [3.63, 3.8) is 0 Å². The first-order valence-electron chi connectivity index (χ1n) is 8.48. The molecule has 130 valence electrons. The number of ether oxygens (including phenoxy) is 1. The highest BCUT2D eigenvalue weighted by molar-refractivity contribution is 5.93. The molecule has 2 amide bonds. The standard InChI is InChI=1S/C20H22N2O3/c1-14-3-2-4-17(11-14)25-13-20(24)21-10-9-15-5-7-18-16(12-15)6-8-19(23)22-18/h2-5,7,11-12H,6,8-10,13H2,1H3,(H,21,24)(H,22,23). The minimum Gasteiger partial charge on any atom is -0.484 e. The fraction of sp³-hybridized carbons (Fsp3) is 0.300. The number of anilines is 1. The highest BCUT2D eigenvalue weighted by Gasteiger charge is 2.14. The Kier molecular flexibility index (Phi) is 5.33. The highest BCUT2D eigenvalue weighted by Crippen LogP contribution is 2.23. The van der Waals surface area contributed by atoms with Crippen LogP contribution >= 0.6 is 0 Å². The van der Waals surface area contributed by atoms with Crippen LogP contribution in [0.3, 0.4) is 0 Å². The third-order valence-corrected chi connectivity index (χ3v) is 4.16. The van der Waals surface area contributed by atoms with Gasteiger partial charge in [0.05, 0.1) is 0 Å². The van der Waals surface area contributed by atoms with Gasteiger partial charge in [-0.05, 0) is 54.7 Å². The minimum absolute atomic E-state index is 0.0136. The van der Waals surface area contributed by atoms with E-state index in [1.807, 2.05) is 43.3 Å². The van der Waals surface area contributed by atoms with Crippen molar-refractivity contribution in [2.45, 2.75) is 26.2 Å². The summed E-state index contributed by atoms with van der Waals surface area (Å²) in [6.07, 6.45) is 2.05. The van der Waals surface area contributed by atoms with Gasteiger partial charge in [0.15, 0.2) is 6.61 Å². The first-order chi connectivity index (χ1) is 12.1. The van der Waals surface area contributed by atoms with Crippen LogP contribution in [0.15, 0.2) is 42.5 Å². The Morgan fingerprint density at radius 2 is 2.08 bits per heavy atom. The predicted octanol–water partition coefficient (Wildman–Crippen LogP) is 2.62. The number of aryl methyl sites for hydroxylation is 2. The number of carbonyl (C=O) groups is 2. The normalized spacial score (nSPS) is 12.9. The summed E-state index contributed by atoms with van der Waals surface area (Å²) in [4.78, 5) is 23.2. The molecule has 0 radical (unpaired) electrons. The van der Waals surface area contributed by atoms with Gasteiger partial charge in [0.1, 0.15) is 5.75 Å². The molecule has 0 fully saturated rings. The van der Waals surface area contributed by atoms with Gasteiger partial charge in [-0.25, -0.2) is 0 Å². The van der Waals surface area contributed by atoms with Crippen LogP contribution in [0.25, 0.3) is 0 Å². The van der Waals surface area contributed by atoms with E-state index in [1.54, 1.807) is 0 Å². The second-order valence-corrected chi connectivity index (χ2v) is 6.24. The van der Waals surface area contributed by atoms with Crippen LogP contribution in [0.4, 0.5) is 5.69 Å². The monoisotopic (exact) mass is 338 g/mol. The summed E-state index contributed by atoms with van der Waals surface area (Å²) in [6.45, 7) is 2.55. The maximum atomic E-state index is 11.9. The largest absolute Gasteiger partial charge is 0.484 e. The molecule has 2 aromatic carbocycles. The van der Waals surface area contributed by atoms with Crippen LogP contribution in [0.2, 0.25) is 0 Å². The molecule has 3 rings (SSSR count). The molecule has 0 atom stereocenters. The fourth-order valence-corrected chi connectivity index (χ4v) is 2.84. The summed E-state index contributed by atoms with van der Waals surface area (Å²) in [5, 5.41) is 5.74. The van der Waals surface area contributed by atoms with E-state index in [2.05, 4.69) is 16.7 Å². The Morgan fingerprint density at radius 3 is 2.92 bits per heavy atom.